The number of nitrogens with one attached hydrogen (secondary N) is 1. The van der Waals surface area contributed by atoms with Crippen molar-refractivity contribution in [2.45, 2.75) is 13.0 Å². The van der Waals surface area contributed by atoms with Crippen molar-refractivity contribution in [2.75, 3.05) is 7.05 Å². The number of aryl methyl sites for hydroxylation is 1. The summed E-state index contributed by atoms with van der Waals surface area (Å²) in [4.78, 5) is 0. The molecule has 1 N–H and O–H groups in total. The molecule has 0 radical (unpaired) electrons. The van der Waals surface area contributed by atoms with Gasteiger partial charge in [0, 0.05) is 23.3 Å². The summed E-state index contributed by atoms with van der Waals surface area (Å²) in [7, 11) is 1.45. The molecule has 0 aliphatic heterocycles. The maximum Gasteiger partial charge on any atom is 0.134 e. The molecule has 0 saturated heterocycles. The van der Waals surface area contributed by atoms with Gasteiger partial charge < -0.3 is 5.32 Å². The van der Waals surface area contributed by atoms with Crippen LogP contribution in [0.25, 0.3) is 0 Å². The Morgan fingerprint density at radius 3 is 2.00 bits per heavy atom. The van der Waals surface area contributed by atoms with Crippen molar-refractivity contribution < 1.29 is 17.6 Å². The van der Waals surface area contributed by atoms with Gasteiger partial charge in [0.05, 0.1) is 6.04 Å². The summed E-state index contributed by atoms with van der Waals surface area (Å²) in [5.41, 5.74) is 0.389. The molecule has 0 heterocycles. The Bertz CT molecular complexity index is 617. The van der Waals surface area contributed by atoms with Crippen LogP contribution in [0, 0.1) is 30.2 Å². The van der Waals surface area contributed by atoms with Gasteiger partial charge in [-0.3, -0.25) is 0 Å². The molecule has 0 aliphatic rings. The van der Waals surface area contributed by atoms with Gasteiger partial charge in [-0.1, -0.05) is 12.1 Å². The normalized spacial score (nSPS) is 12.5. The lowest BCUT2D eigenvalue weighted by molar-refractivity contribution is 0.491. The minimum Gasteiger partial charge on any atom is -0.309 e. The van der Waals surface area contributed by atoms with Gasteiger partial charge in [-0.25, -0.2) is 17.6 Å². The topological polar surface area (TPSA) is 12.0 Å². The molecule has 5 heteroatoms. The lowest BCUT2D eigenvalue weighted by Crippen LogP contribution is -2.22. The average Bonchev–Trinajstić information content (AvgIpc) is 2.34. The van der Waals surface area contributed by atoms with Crippen molar-refractivity contribution in [2.24, 2.45) is 0 Å². The van der Waals surface area contributed by atoms with Gasteiger partial charge in [-0.05, 0) is 25.6 Å². The van der Waals surface area contributed by atoms with E-state index in [0.717, 1.165) is 0 Å². The fraction of sp³-hybridized carbons (Fsp3) is 0.200. The molecule has 0 fully saturated rings. The van der Waals surface area contributed by atoms with Crippen molar-refractivity contribution in [3.8, 4) is 0 Å². The summed E-state index contributed by atoms with van der Waals surface area (Å²) in [6.45, 7) is 1.71. The van der Waals surface area contributed by atoms with Crippen LogP contribution in [0.2, 0.25) is 0 Å². The fourth-order valence-electron chi connectivity index (χ4n) is 2.15. The zero-order chi connectivity index (χ0) is 14.9. The standard InChI is InChI=1S/C15H13F4N/c1-8-3-4-10(11(17)5-8)15(20-2)14-12(18)6-9(16)7-13(14)19/h3-7,15,20H,1-2H3. The van der Waals surface area contributed by atoms with E-state index < -0.39 is 34.9 Å². The molecule has 0 aliphatic carbocycles. The van der Waals surface area contributed by atoms with E-state index in [9.17, 15) is 17.6 Å². The maximum absolute atomic E-state index is 14.0. The second-order valence-electron chi connectivity index (χ2n) is 4.53. The van der Waals surface area contributed by atoms with Crippen molar-refractivity contribution in [3.63, 3.8) is 0 Å². The lowest BCUT2D eigenvalue weighted by Gasteiger charge is -2.19. The predicted octanol–water partition coefficient (Wildman–Crippen LogP) is 3.86. The van der Waals surface area contributed by atoms with E-state index in [1.54, 1.807) is 13.0 Å². The number of benzene rings is 2. The molecular formula is C15H13F4N. The first-order valence-electron chi connectivity index (χ1n) is 6.01. The zero-order valence-corrected chi connectivity index (χ0v) is 11.0. The van der Waals surface area contributed by atoms with Gasteiger partial charge in [0.15, 0.2) is 0 Å². The molecule has 0 bridgehead atoms. The van der Waals surface area contributed by atoms with E-state index in [1.807, 2.05) is 0 Å². The third kappa shape index (κ3) is 2.67. The second-order valence-corrected chi connectivity index (χ2v) is 4.53. The van der Waals surface area contributed by atoms with Crippen LogP contribution in [0.5, 0.6) is 0 Å². The Morgan fingerprint density at radius 2 is 1.50 bits per heavy atom. The molecule has 0 aromatic heterocycles. The Morgan fingerprint density at radius 1 is 0.900 bits per heavy atom. The first-order chi connectivity index (χ1) is 9.43. The Labute approximate surface area is 114 Å². The van der Waals surface area contributed by atoms with Crippen LogP contribution in [0.4, 0.5) is 17.6 Å². The number of hydrogen-bond donors (Lipinski definition) is 1. The van der Waals surface area contributed by atoms with Crippen LogP contribution in [0.3, 0.4) is 0 Å². The van der Waals surface area contributed by atoms with E-state index >= 15 is 0 Å². The van der Waals surface area contributed by atoms with Crippen molar-refractivity contribution >= 4 is 0 Å². The highest BCUT2D eigenvalue weighted by molar-refractivity contribution is 5.36. The molecule has 2 aromatic carbocycles. The van der Waals surface area contributed by atoms with Crippen LogP contribution in [0.15, 0.2) is 30.3 Å². The molecule has 2 aromatic rings. The smallest absolute Gasteiger partial charge is 0.134 e. The molecule has 2 rings (SSSR count). The number of hydrogen-bond acceptors (Lipinski definition) is 1. The van der Waals surface area contributed by atoms with Gasteiger partial charge in [-0.15, -0.1) is 0 Å². The quantitative estimate of drug-likeness (QED) is 0.843. The molecule has 1 unspecified atom stereocenters. The molecule has 1 atom stereocenters. The summed E-state index contributed by atoms with van der Waals surface area (Å²) in [6.07, 6.45) is 0. The van der Waals surface area contributed by atoms with E-state index in [0.29, 0.717) is 17.7 Å². The van der Waals surface area contributed by atoms with Gasteiger partial charge in [-0.2, -0.15) is 0 Å². The van der Waals surface area contributed by atoms with Crippen molar-refractivity contribution in [1.82, 2.24) is 5.32 Å². The van der Waals surface area contributed by atoms with Crippen LogP contribution in [-0.2, 0) is 0 Å². The highest BCUT2D eigenvalue weighted by Gasteiger charge is 2.24. The van der Waals surface area contributed by atoms with Gasteiger partial charge in [0.2, 0.25) is 0 Å². The van der Waals surface area contributed by atoms with Crippen LogP contribution in [0.1, 0.15) is 22.7 Å². The average molecular weight is 283 g/mol. The highest BCUT2D eigenvalue weighted by Crippen LogP contribution is 2.29. The van der Waals surface area contributed by atoms with Crippen LogP contribution in [-0.4, -0.2) is 7.05 Å². The minimum atomic E-state index is -1.05. The fourth-order valence-corrected chi connectivity index (χ4v) is 2.15. The van der Waals surface area contributed by atoms with Crippen molar-refractivity contribution in [1.29, 1.82) is 0 Å². The predicted molar refractivity (Wildman–Crippen MR) is 68.4 cm³/mol. The maximum atomic E-state index is 14.0. The summed E-state index contributed by atoms with van der Waals surface area (Å²) < 4.78 is 54.5. The molecule has 20 heavy (non-hydrogen) atoms. The van der Waals surface area contributed by atoms with E-state index in [4.69, 9.17) is 0 Å². The Balaban J connectivity index is 2.58. The second kappa shape index (κ2) is 5.63. The largest absolute Gasteiger partial charge is 0.309 e. The SMILES string of the molecule is CNC(c1ccc(C)cc1F)c1c(F)cc(F)cc1F. The molecule has 0 amide bonds. The summed E-state index contributed by atoms with van der Waals surface area (Å²) in [5, 5.41) is 2.65. The van der Waals surface area contributed by atoms with Gasteiger partial charge in [0.25, 0.3) is 0 Å². The Hall–Kier alpha value is -1.88. The van der Waals surface area contributed by atoms with E-state index in [1.165, 1.54) is 19.2 Å². The van der Waals surface area contributed by atoms with E-state index in [-0.39, 0.29) is 5.56 Å². The molecule has 1 nitrogen and oxygen atoms in total. The van der Waals surface area contributed by atoms with Crippen LogP contribution >= 0.6 is 0 Å². The molecule has 0 spiro atoms. The number of rotatable bonds is 3. The third-order valence-corrected chi connectivity index (χ3v) is 3.09. The monoisotopic (exact) mass is 283 g/mol. The molecule has 0 saturated carbocycles. The minimum absolute atomic E-state index is 0.0995. The lowest BCUT2D eigenvalue weighted by atomic mass is 9.96. The Kier molecular flexibility index (Phi) is 4.09. The first-order valence-corrected chi connectivity index (χ1v) is 6.01. The summed E-state index contributed by atoms with van der Waals surface area (Å²) in [6, 6.07) is 4.50. The molecular weight excluding hydrogens is 270 g/mol. The van der Waals surface area contributed by atoms with Gasteiger partial charge in [0.1, 0.15) is 23.3 Å². The zero-order valence-electron chi connectivity index (χ0n) is 11.0. The highest BCUT2D eigenvalue weighted by atomic mass is 19.1. The van der Waals surface area contributed by atoms with Crippen LogP contribution < -0.4 is 5.32 Å². The summed E-state index contributed by atoms with van der Waals surface area (Å²) in [5.74, 6) is -3.70. The number of halogens is 4. The summed E-state index contributed by atoms with van der Waals surface area (Å²) >= 11 is 0. The molecule has 106 valence electrons. The first kappa shape index (κ1) is 14.5. The third-order valence-electron chi connectivity index (χ3n) is 3.09. The van der Waals surface area contributed by atoms with Gasteiger partial charge >= 0.3 is 0 Å². The van der Waals surface area contributed by atoms with E-state index in [2.05, 4.69) is 5.32 Å². The van der Waals surface area contributed by atoms with Crippen molar-refractivity contribution in [3.05, 3.63) is 70.3 Å².